The zero-order chi connectivity index (χ0) is 13.1. The summed E-state index contributed by atoms with van der Waals surface area (Å²) in [5, 5.41) is 3.42. The van der Waals surface area contributed by atoms with Gasteiger partial charge in [-0.2, -0.15) is 0 Å². The van der Waals surface area contributed by atoms with Crippen molar-refractivity contribution in [2.45, 2.75) is 26.3 Å². The molecule has 0 bridgehead atoms. The Balaban J connectivity index is 1.75. The van der Waals surface area contributed by atoms with Crippen LogP contribution in [0, 0.1) is 0 Å². The van der Waals surface area contributed by atoms with E-state index in [1.54, 1.807) is 0 Å². The Bertz CT molecular complexity index is 424. The fraction of sp³-hybridized carbons (Fsp3) is 0.625. The molecule has 0 spiro atoms. The molecule has 1 N–H and O–H groups in total. The van der Waals surface area contributed by atoms with Crippen molar-refractivity contribution < 1.29 is 0 Å². The highest BCUT2D eigenvalue weighted by molar-refractivity contribution is 5.57. The highest BCUT2D eigenvalue weighted by atomic mass is 15.2. The van der Waals surface area contributed by atoms with Crippen molar-refractivity contribution in [3.8, 4) is 0 Å². The third-order valence-corrected chi connectivity index (χ3v) is 4.36. The van der Waals surface area contributed by atoms with Crippen LogP contribution in [0.1, 0.15) is 24.5 Å². The van der Waals surface area contributed by atoms with E-state index in [-0.39, 0.29) is 0 Å². The van der Waals surface area contributed by atoms with Crippen LogP contribution < -0.4 is 10.2 Å². The summed E-state index contributed by atoms with van der Waals surface area (Å²) in [6.07, 6.45) is 2.55. The molecule has 19 heavy (non-hydrogen) atoms. The van der Waals surface area contributed by atoms with Crippen LogP contribution in [0.5, 0.6) is 0 Å². The van der Waals surface area contributed by atoms with Gasteiger partial charge in [0.25, 0.3) is 0 Å². The Morgan fingerprint density at radius 1 is 1.16 bits per heavy atom. The lowest BCUT2D eigenvalue weighted by Crippen LogP contribution is -2.42. The van der Waals surface area contributed by atoms with E-state index in [4.69, 9.17) is 0 Å². The lowest BCUT2D eigenvalue weighted by atomic mass is 9.99. The Morgan fingerprint density at radius 3 is 2.79 bits per heavy atom. The highest BCUT2D eigenvalue weighted by Gasteiger charge is 2.17. The zero-order valence-electron chi connectivity index (χ0n) is 12.0. The van der Waals surface area contributed by atoms with Gasteiger partial charge in [0, 0.05) is 51.5 Å². The standard InChI is InChI=1S/C16H25N3/c1-2-19-9-3-4-15-6-5-14(12-16(15)19)13-18-10-7-17-8-11-18/h5-6,12,17H,2-4,7-11,13H2,1H3. The van der Waals surface area contributed by atoms with Gasteiger partial charge in [0.2, 0.25) is 0 Å². The van der Waals surface area contributed by atoms with Crippen LogP contribution in [0.2, 0.25) is 0 Å². The molecule has 0 amide bonds. The maximum absolute atomic E-state index is 3.42. The fourth-order valence-electron chi connectivity index (χ4n) is 3.25. The number of aryl methyl sites for hydroxylation is 1. The van der Waals surface area contributed by atoms with Gasteiger partial charge in [0.15, 0.2) is 0 Å². The number of nitrogens with one attached hydrogen (secondary N) is 1. The Kier molecular flexibility index (Phi) is 4.04. The van der Waals surface area contributed by atoms with Crippen molar-refractivity contribution in [1.82, 2.24) is 10.2 Å². The minimum Gasteiger partial charge on any atom is -0.372 e. The molecule has 0 saturated carbocycles. The number of anilines is 1. The Hall–Kier alpha value is -1.06. The molecular weight excluding hydrogens is 234 g/mol. The summed E-state index contributed by atoms with van der Waals surface area (Å²) in [7, 11) is 0. The molecule has 1 saturated heterocycles. The molecule has 1 fully saturated rings. The number of nitrogens with zero attached hydrogens (tertiary/aromatic N) is 2. The maximum Gasteiger partial charge on any atom is 0.0401 e. The number of piperazine rings is 1. The van der Waals surface area contributed by atoms with Gasteiger partial charge in [-0.15, -0.1) is 0 Å². The van der Waals surface area contributed by atoms with E-state index in [1.807, 2.05) is 0 Å². The molecule has 104 valence electrons. The van der Waals surface area contributed by atoms with Crippen molar-refractivity contribution in [3.05, 3.63) is 29.3 Å². The highest BCUT2D eigenvalue weighted by Crippen LogP contribution is 2.28. The van der Waals surface area contributed by atoms with Gasteiger partial charge in [-0.1, -0.05) is 12.1 Å². The first-order chi connectivity index (χ1) is 9.36. The van der Waals surface area contributed by atoms with Crippen molar-refractivity contribution >= 4 is 5.69 Å². The second-order valence-electron chi connectivity index (χ2n) is 5.67. The van der Waals surface area contributed by atoms with Gasteiger partial charge in [-0.05, 0) is 37.0 Å². The minimum absolute atomic E-state index is 1.10. The third-order valence-electron chi connectivity index (χ3n) is 4.36. The average molecular weight is 259 g/mol. The van der Waals surface area contributed by atoms with Crippen molar-refractivity contribution in [1.29, 1.82) is 0 Å². The quantitative estimate of drug-likeness (QED) is 0.894. The van der Waals surface area contributed by atoms with Gasteiger partial charge in [0.05, 0.1) is 0 Å². The molecule has 2 heterocycles. The predicted molar refractivity (Wildman–Crippen MR) is 80.8 cm³/mol. The predicted octanol–water partition coefficient (Wildman–Crippen LogP) is 1.86. The van der Waals surface area contributed by atoms with E-state index >= 15 is 0 Å². The van der Waals surface area contributed by atoms with Crippen LogP contribution in [0.3, 0.4) is 0 Å². The van der Waals surface area contributed by atoms with E-state index in [9.17, 15) is 0 Å². The first-order valence-corrected chi connectivity index (χ1v) is 7.66. The molecule has 1 aromatic carbocycles. The number of benzene rings is 1. The molecule has 3 nitrogen and oxygen atoms in total. The number of hydrogen-bond acceptors (Lipinski definition) is 3. The third kappa shape index (κ3) is 2.93. The smallest absolute Gasteiger partial charge is 0.0401 e. The van der Waals surface area contributed by atoms with Crippen LogP contribution in [-0.4, -0.2) is 44.2 Å². The summed E-state index contributed by atoms with van der Waals surface area (Å²) >= 11 is 0. The second kappa shape index (κ2) is 5.93. The Labute approximate surface area is 116 Å². The van der Waals surface area contributed by atoms with E-state index in [0.717, 1.165) is 26.2 Å². The molecule has 2 aliphatic heterocycles. The molecule has 0 aliphatic carbocycles. The van der Waals surface area contributed by atoms with E-state index in [2.05, 4.69) is 40.2 Å². The first-order valence-electron chi connectivity index (χ1n) is 7.66. The lowest BCUT2D eigenvalue weighted by molar-refractivity contribution is 0.233. The lowest BCUT2D eigenvalue weighted by Gasteiger charge is -2.32. The van der Waals surface area contributed by atoms with Gasteiger partial charge in [0.1, 0.15) is 0 Å². The van der Waals surface area contributed by atoms with Crippen molar-refractivity contribution in [2.75, 3.05) is 44.2 Å². The van der Waals surface area contributed by atoms with Crippen LogP contribution in [0.25, 0.3) is 0 Å². The number of rotatable bonds is 3. The fourth-order valence-corrected chi connectivity index (χ4v) is 3.25. The summed E-state index contributed by atoms with van der Waals surface area (Å²) in [5.41, 5.74) is 4.50. The molecular formula is C16H25N3. The van der Waals surface area contributed by atoms with Crippen LogP contribution in [0.15, 0.2) is 18.2 Å². The summed E-state index contributed by atoms with van der Waals surface area (Å²) in [4.78, 5) is 5.08. The van der Waals surface area contributed by atoms with E-state index in [1.165, 1.54) is 49.3 Å². The second-order valence-corrected chi connectivity index (χ2v) is 5.67. The molecule has 0 radical (unpaired) electrons. The molecule has 3 heteroatoms. The largest absolute Gasteiger partial charge is 0.372 e. The average Bonchev–Trinajstić information content (AvgIpc) is 2.47. The van der Waals surface area contributed by atoms with Gasteiger partial charge >= 0.3 is 0 Å². The molecule has 0 unspecified atom stereocenters. The monoisotopic (exact) mass is 259 g/mol. The first kappa shape index (κ1) is 12.9. The van der Waals surface area contributed by atoms with Gasteiger partial charge < -0.3 is 10.2 Å². The summed E-state index contributed by atoms with van der Waals surface area (Å²) in [6.45, 7) is 10.3. The van der Waals surface area contributed by atoms with Crippen LogP contribution in [-0.2, 0) is 13.0 Å². The molecule has 0 atom stereocenters. The summed E-state index contributed by atoms with van der Waals surface area (Å²) in [5.74, 6) is 0. The van der Waals surface area contributed by atoms with Crippen molar-refractivity contribution in [3.63, 3.8) is 0 Å². The summed E-state index contributed by atoms with van der Waals surface area (Å²) < 4.78 is 0. The molecule has 3 rings (SSSR count). The maximum atomic E-state index is 3.42. The van der Waals surface area contributed by atoms with Crippen molar-refractivity contribution in [2.24, 2.45) is 0 Å². The van der Waals surface area contributed by atoms with Gasteiger partial charge in [-0.3, -0.25) is 4.90 Å². The topological polar surface area (TPSA) is 18.5 Å². The van der Waals surface area contributed by atoms with E-state index in [0.29, 0.717) is 0 Å². The Morgan fingerprint density at radius 2 is 2.00 bits per heavy atom. The molecule has 1 aromatic rings. The van der Waals surface area contributed by atoms with Crippen LogP contribution >= 0.6 is 0 Å². The normalized spacial score (nSPS) is 20.4. The van der Waals surface area contributed by atoms with Gasteiger partial charge in [-0.25, -0.2) is 0 Å². The SMILES string of the molecule is CCN1CCCc2ccc(CN3CCNCC3)cc21. The van der Waals surface area contributed by atoms with Crippen LogP contribution in [0.4, 0.5) is 5.69 Å². The molecule has 0 aromatic heterocycles. The number of hydrogen-bond donors (Lipinski definition) is 1. The number of fused-ring (bicyclic) bond motifs is 1. The van der Waals surface area contributed by atoms with E-state index < -0.39 is 0 Å². The summed E-state index contributed by atoms with van der Waals surface area (Å²) in [6, 6.07) is 7.12. The minimum atomic E-state index is 1.10. The molecule has 2 aliphatic rings. The zero-order valence-corrected chi connectivity index (χ0v) is 12.0.